The predicted molar refractivity (Wildman–Crippen MR) is 78.5 cm³/mol. The second kappa shape index (κ2) is 6.30. The number of anilines is 1. The zero-order chi connectivity index (χ0) is 13.8. The Morgan fingerprint density at radius 3 is 2.89 bits per heavy atom. The number of aromatic nitrogens is 2. The summed E-state index contributed by atoms with van der Waals surface area (Å²) in [6, 6.07) is 0.606. The Hall–Kier alpha value is -1.20. The second-order valence-electron chi connectivity index (χ2n) is 5.52. The molecule has 1 fully saturated rings. The van der Waals surface area contributed by atoms with Gasteiger partial charge in [-0.1, -0.05) is 0 Å². The Kier molecular flexibility index (Phi) is 4.71. The molecule has 0 aliphatic carbocycles. The maximum absolute atomic E-state index is 4.67. The van der Waals surface area contributed by atoms with Crippen LogP contribution in [0.2, 0.25) is 0 Å². The number of hydrogen-bond donors (Lipinski definition) is 1. The summed E-state index contributed by atoms with van der Waals surface area (Å²) in [6.07, 6.45) is 4.43. The molecule has 0 amide bonds. The van der Waals surface area contributed by atoms with Crippen LogP contribution >= 0.6 is 0 Å². The molecule has 1 N–H and O–H groups in total. The van der Waals surface area contributed by atoms with Gasteiger partial charge in [0.05, 0.1) is 0 Å². The number of hydrogen-bond acceptors (Lipinski definition) is 5. The summed E-state index contributed by atoms with van der Waals surface area (Å²) in [5.41, 5.74) is 2.25. The largest absolute Gasteiger partial charge is 0.339 e. The molecule has 1 aromatic heterocycles. The van der Waals surface area contributed by atoms with Gasteiger partial charge in [-0.25, -0.2) is 9.97 Å². The lowest BCUT2D eigenvalue weighted by molar-refractivity contribution is 0.257. The van der Waals surface area contributed by atoms with Gasteiger partial charge in [0.2, 0.25) is 5.95 Å². The third-order valence-corrected chi connectivity index (χ3v) is 3.85. The van der Waals surface area contributed by atoms with Gasteiger partial charge in [-0.3, -0.25) is 0 Å². The average molecular weight is 263 g/mol. The molecule has 0 aromatic carbocycles. The van der Waals surface area contributed by atoms with Gasteiger partial charge in [0.15, 0.2) is 0 Å². The molecule has 1 atom stereocenters. The van der Waals surface area contributed by atoms with Crippen LogP contribution in [0.25, 0.3) is 0 Å². The van der Waals surface area contributed by atoms with E-state index in [2.05, 4.69) is 46.1 Å². The number of aryl methyl sites for hydroxylation is 1. The van der Waals surface area contributed by atoms with E-state index in [9.17, 15) is 0 Å². The van der Waals surface area contributed by atoms with Crippen LogP contribution in [0, 0.1) is 6.92 Å². The highest BCUT2D eigenvalue weighted by Crippen LogP contribution is 2.19. The Labute approximate surface area is 116 Å². The van der Waals surface area contributed by atoms with E-state index in [-0.39, 0.29) is 0 Å². The molecule has 2 heterocycles. The molecule has 0 radical (unpaired) electrons. The Balaban J connectivity index is 2.11. The SMILES string of the molecule is CNCc1cnc(N2CCCC(N(C)C)C2)nc1C. The van der Waals surface area contributed by atoms with Gasteiger partial charge in [0.25, 0.3) is 0 Å². The van der Waals surface area contributed by atoms with Crippen molar-refractivity contribution in [2.24, 2.45) is 0 Å². The fraction of sp³-hybridized carbons (Fsp3) is 0.714. The minimum absolute atomic E-state index is 0.606. The van der Waals surface area contributed by atoms with Crippen molar-refractivity contribution < 1.29 is 0 Å². The predicted octanol–water partition coefficient (Wildman–Crippen LogP) is 1.03. The van der Waals surface area contributed by atoms with Crippen molar-refractivity contribution in [3.05, 3.63) is 17.5 Å². The molecular formula is C14H25N5. The highest BCUT2D eigenvalue weighted by atomic mass is 15.3. The van der Waals surface area contributed by atoms with Gasteiger partial charge in [-0.05, 0) is 40.9 Å². The van der Waals surface area contributed by atoms with Crippen LogP contribution in [0.1, 0.15) is 24.1 Å². The van der Waals surface area contributed by atoms with E-state index >= 15 is 0 Å². The molecule has 19 heavy (non-hydrogen) atoms. The van der Waals surface area contributed by atoms with E-state index in [4.69, 9.17) is 0 Å². The van der Waals surface area contributed by atoms with Crippen LogP contribution in [0.4, 0.5) is 5.95 Å². The third kappa shape index (κ3) is 3.42. The normalized spacial score (nSPS) is 20.1. The highest BCUT2D eigenvalue weighted by molar-refractivity contribution is 5.34. The molecule has 1 aromatic rings. The number of nitrogens with zero attached hydrogens (tertiary/aromatic N) is 4. The lowest BCUT2D eigenvalue weighted by Crippen LogP contribution is -2.45. The first-order valence-corrected chi connectivity index (χ1v) is 7.00. The van der Waals surface area contributed by atoms with Crippen molar-refractivity contribution >= 4 is 5.95 Å². The number of likely N-dealkylation sites (N-methyl/N-ethyl adjacent to an activating group) is 1. The van der Waals surface area contributed by atoms with Crippen LogP contribution in [0.5, 0.6) is 0 Å². The maximum atomic E-state index is 4.67. The van der Waals surface area contributed by atoms with Crippen molar-refractivity contribution in [2.75, 3.05) is 39.1 Å². The van der Waals surface area contributed by atoms with E-state index in [0.717, 1.165) is 31.3 Å². The lowest BCUT2D eigenvalue weighted by Gasteiger charge is -2.36. The Morgan fingerprint density at radius 2 is 2.26 bits per heavy atom. The summed E-state index contributed by atoms with van der Waals surface area (Å²) >= 11 is 0. The highest BCUT2D eigenvalue weighted by Gasteiger charge is 2.23. The van der Waals surface area contributed by atoms with Crippen molar-refractivity contribution in [3.63, 3.8) is 0 Å². The molecule has 0 bridgehead atoms. The third-order valence-electron chi connectivity index (χ3n) is 3.85. The smallest absolute Gasteiger partial charge is 0.225 e. The van der Waals surface area contributed by atoms with Crippen molar-refractivity contribution in [1.29, 1.82) is 0 Å². The van der Waals surface area contributed by atoms with Gasteiger partial charge in [-0.15, -0.1) is 0 Å². The summed E-state index contributed by atoms with van der Waals surface area (Å²) < 4.78 is 0. The van der Waals surface area contributed by atoms with Crippen LogP contribution in [-0.2, 0) is 6.54 Å². The van der Waals surface area contributed by atoms with Gasteiger partial charge < -0.3 is 15.1 Å². The summed E-state index contributed by atoms with van der Waals surface area (Å²) in [7, 11) is 6.24. The monoisotopic (exact) mass is 263 g/mol. The molecule has 2 rings (SSSR count). The fourth-order valence-electron chi connectivity index (χ4n) is 2.55. The van der Waals surface area contributed by atoms with Crippen molar-refractivity contribution in [2.45, 2.75) is 32.4 Å². The van der Waals surface area contributed by atoms with Crippen LogP contribution in [-0.4, -0.2) is 55.1 Å². The molecule has 1 aliphatic heterocycles. The topological polar surface area (TPSA) is 44.3 Å². The summed E-state index contributed by atoms with van der Waals surface area (Å²) in [5, 5.41) is 3.15. The van der Waals surface area contributed by atoms with Gasteiger partial charge in [0, 0.05) is 43.1 Å². The molecule has 0 saturated carbocycles. The van der Waals surface area contributed by atoms with Crippen molar-refractivity contribution in [1.82, 2.24) is 20.2 Å². The first-order chi connectivity index (χ1) is 9.11. The molecule has 0 spiro atoms. The zero-order valence-corrected chi connectivity index (χ0v) is 12.5. The maximum Gasteiger partial charge on any atom is 0.225 e. The molecule has 1 unspecified atom stereocenters. The first kappa shape index (κ1) is 14.2. The molecular weight excluding hydrogens is 238 g/mol. The number of rotatable bonds is 4. The van der Waals surface area contributed by atoms with Crippen LogP contribution in [0.3, 0.4) is 0 Å². The second-order valence-corrected chi connectivity index (χ2v) is 5.52. The standard InChI is InChI=1S/C14H25N5/c1-11-12(8-15-2)9-16-14(17-11)19-7-5-6-13(10-19)18(3)4/h9,13,15H,5-8,10H2,1-4H3. The minimum Gasteiger partial charge on any atom is -0.339 e. The Bertz CT molecular complexity index is 418. The van der Waals surface area contributed by atoms with Crippen molar-refractivity contribution in [3.8, 4) is 0 Å². The lowest BCUT2D eigenvalue weighted by atomic mass is 10.1. The van der Waals surface area contributed by atoms with Gasteiger partial charge >= 0.3 is 0 Å². The summed E-state index contributed by atoms with van der Waals surface area (Å²) in [6.45, 7) is 4.98. The van der Waals surface area contributed by atoms with E-state index in [1.807, 2.05) is 13.2 Å². The van der Waals surface area contributed by atoms with Gasteiger partial charge in [0.1, 0.15) is 0 Å². The quantitative estimate of drug-likeness (QED) is 0.879. The minimum atomic E-state index is 0.606. The van der Waals surface area contributed by atoms with E-state index < -0.39 is 0 Å². The van der Waals surface area contributed by atoms with Gasteiger partial charge in [-0.2, -0.15) is 0 Å². The molecule has 1 aliphatic rings. The van der Waals surface area contributed by atoms with E-state index in [0.29, 0.717) is 6.04 Å². The molecule has 5 nitrogen and oxygen atoms in total. The molecule has 1 saturated heterocycles. The summed E-state index contributed by atoms with van der Waals surface area (Å²) in [4.78, 5) is 13.8. The fourth-order valence-corrected chi connectivity index (χ4v) is 2.55. The van der Waals surface area contributed by atoms with E-state index in [1.165, 1.54) is 18.4 Å². The first-order valence-electron chi connectivity index (χ1n) is 7.00. The average Bonchev–Trinajstić information content (AvgIpc) is 2.41. The number of piperidine rings is 1. The number of nitrogens with one attached hydrogen (secondary N) is 1. The van der Waals surface area contributed by atoms with Crippen LogP contribution < -0.4 is 10.2 Å². The van der Waals surface area contributed by atoms with E-state index in [1.54, 1.807) is 0 Å². The molecule has 5 heteroatoms. The zero-order valence-electron chi connectivity index (χ0n) is 12.5. The molecule has 106 valence electrons. The Morgan fingerprint density at radius 1 is 1.47 bits per heavy atom. The van der Waals surface area contributed by atoms with Crippen LogP contribution in [0.15, 0.2) is 6.20 Å². The summed E-state index contributed by atoms with van der Waals surface area (Å²) in [5.74, 6) is 0.879.